The van der Waals surface area contributed by atoms with Gasteiger partial charge in [-0.05, 0) is 42.5 Å². The van der Waals surface area contributed by atoms with Gasteiger partial charge in [0.15, 0.2) is 0 Å². The first-order valence-corrected chi connectivity index (χ1v) is 7.20. The van der Waals surface area contributed by atoms with E-state index in [1.807, 2.05) is 26.0 Å². The third-order valence-corrected chi connectivity index (χ3v) is 3.55. The lowest BCUT2D eigenvalue weighted by molar-refractivity contribution is -0.139. The van der Waals surface area contributed by atoms with Gasteiger partial charge in [-0.1, -0.05) is 33.8 Å². The number of esters is 1. The van der Waals surface area contributed by atoms with Crippen LogP contribution in [0.2, 0.25) is 0 Å². The Hall–Kier alpha value is -1.64. The van der Waals surface area contributed by atoms with E-state index in [0.29, 0.717) is 11.8 Å². The Morgan fingerprint density at radius 3 is 2.40 bits per heavy atom. The van der Waals surface area contributed by atoms with Crippen LogP contribution in [0, 0.1) is 12.8 Å². The van der Waals surface area contributed by atoms with E-state index in [2.05, 4.69) is 31.8 Å². The van der Waals surface area contributed by atoms with E-state index in [0.717, 1.165) is 12.0 Å². The Morgan fingerprint density at radius 2 is 1.95 bits per heavy atom. The van der Waals surface area contributed by atoms with Crippen LogP contribution in [0.15, 0.2) is 23.2 Å². The summed E-state index contributed by atoms with van der Waals surface area (Å²) in [5, 5.41) is 0. The van der Waals surface area contributed by atoms with Gasteiger partial charge < -0.3 is 4.74 Å². The van der Waals surface area contributed by atoms with Crippen molar-refractivity contribution in [1.29, 1.82) is 0 Å². The molecule has 0 fully saturated rings. The first-order valence-electron chi connectivity index (χ1n) is 7.20. The van der Waals surface area contributed by atoms with Crippen LogP contribution in [0.4, 0.5) is 0 Å². The van der Waals surface area contributed by atoms with Crippen molar-refractivity contribution in [3.8, 4) is 0 Å². The average molecular weight is 275 g/mol. The molecule has 0 spiro atoms. The standard InChI is InChI=1S/C17H25NO2/c1-7-12(4)17(19)20-16(18-6)14-8-9-15(11(2)3)13(5)10-14/h8-12H,7H2,1-6H3. The highest BCUT2D eigenvalue weighted by Crippen LogP contribution is 2.21. The third-order valence-electron chi connectivity index (χ3n) is 3.55. The molecule has 0 bridgehead atoms. The molecule has 1 rings (SSSR count). The second-order valence-corrected chi connectivity index (χ2v) is 5.49. The van der Waals surface area contributed by atoms with Gasteiger partial charge in [-0.2, -0.15) is 0 Å². The minimum absolute atomic E-state index is 0.109. The fraction of sp³-hybridized carbons (Fsp3) is 0.529. The number of aliphatic imine (C=N–C) groups is 1. The number of carbonyl (C=O) groups is 1. The maximum atomic E-state index is 11.9. The number of ether oxygens (including phenoxy) is 1. The van der Waals surface area contributed by atoms with Crippen LogP contribution in [-0.2, 0) is 9.53 Å². The lowest BCUT2D eigenvalue weighted by atomic mass is 9.96. The maximum absolute atomic E-state index is 11.9. The van der Waals surface area contributed by atoms with Crippen LogP contribution < -0.4 is 0 Å². The molecule has 20 heavy (non-hydrogen) atoms. The van der Waals surface area contributed by atoms with Crippen molar-refractivity contribution in [3.05, 3.63) is 34.9 Å². The Morgan fingerprint density at radius 1 is 1.30 bits per heavy atom. The summed E-state index contributed by atoms with van der Waals surface area (Å²) in [5.74, 6) is 0.545. The average Bonchev–Trinajstić information content (AvgIpc) is 2.42. The van der Waals surface area contributed by atoms with Crippen LogP contribution in [0.3, 0.4) is 0 Å². The Kier molecular flexibility index (Phi) is 5.93. The number of rotatable bonds is 4. The summed E-state index contributed by atoms with van der Waals surface area (Å²) >= 11 is 0. The summed E-state index contributed by atoms with van der Waals surface area (Å²) in [6.45, 7) is 10.2. The molecule has 0 amide bonds. The first-order chi connectivity index (χ1) is 9.40. The molecular weight excluding hydrogens is 250 g/mol. The van der Waals surface area contributed by atoms with E-state index >= 15 is 0 Å². The monoisotopic (exact) mass is 275 g/mol. The molecule has 3 nitrogen and oxygen atoms in total. The van der Waals surface area contributed by atoms with Crippen molar-refractivity contribution < 1.29 is 9.53 Å². The van der Waals surface area contributed by atoms with Gasteiger partial charge in [0, 0.05) is 12.6 Å². The Labute approximate surface area is 122 Å². The van der Waals surface area contributed by atoms with Crippen molar-refractivity contribution in [1.82, 2.24) is 0 Å². The molecule has 1 atom stereocenters. The van der Waals surface area contributed by atoms with Crippen molar-refractivity contribution in [2.24, 2.45) is 10.9 Å². The molecule has 0 saturated heterocycles. The van der Waals surface area contributed by atoms with Crippen molar-refractivity contribution in [3.63, 3.8) is 0 Å². The molecule has 1 aromatic rings. The molecule has 0 aliphatic carbocycles. The molecule has 0 aromatic heterocycles. The molecule has 0 saturated carbocycles. The fourth-order valence-corrected chi connectivity index (χ4v) is 2.05. The molecule has 3 heteroatoms. The van der Waals surface area contributed by atoms with E-state index in [9.17, 15) is 4.79 Å². The molecule has 0 aliphatic heterocycles. The van der Waals surface area contributed by atoms with Gasteiger partial charge in [-0.3, -0.25) is 9.79 Å². The summed E-state index contributed by atoms with van der Waals surface area (Å²) < 4.78 is 5.40. The topological polar surface area (TPSA) is 38.7 Å². The summed E-state index contributed by atoms with van der Waals surface area (Å²) in [5.41, 5.74) is 3.35. The van der Waals surface area contributed by atoms with Crippen molar-refractivity contribution >= 4 is 11.9 Å². The van der Waals surface area contributed by atoms with Gasteiger partial charge in [0.2, 0.25) is 5.90 Å². The maximum Gasteiger partial charge on any atom is 0.315 e. The highest BCUT2D eigenvalue weighted by atomic mass is 16.5. The van der Waals surface area contributed by atoms with Crippen LogP contribution in [0.1, 0.15) is 56.7 Å². The number of benzene rings is 1. The Balaban J connectivity index is 2.97. The molecule has 0 N–H and O–H groups in total. The largest absolute Gasteiger partial charge is 0.407 e. The zero-order valence-corrected chi connectivity index (χ0v) is 13.4. The molecular formula is C17H25NO2. The molecule has 110 valence electrons. The normalized spacial score (nSPS) is 13.4. The highest BCUT2D eigenvalue weighted by Gasteiger charge is 2.17. The molecule has 1 aromatic carbocycles. The fourth-order valence-electron chi connectivity index (χ4n) is 2.05. The molecule has 0 aliphatic rings. The zero-order chi connectivity index (χ0) is 15.3. The summed E-state index contributed by atoms with van der Waals surface area (Å²) in [6, 6.07) is 6.08. The molecule has 1 unspecified atom stereocenters. The Bertz CT molecular complexity index is 504. The van der Waals surface area contributed by atoms with E-state index in [1.54, 1.807) is 7.05 Å². The van der Waals surface area contributed by atoms with Crippen LogP contribution in [-0.4, -0.2) is 18.9 Å². The van der Waals surface area contributed by atoms with Gasteiger partial charge in [-0.25, -0.2) is 0 Å². The number of carbonyl (C=O) groups excluding carboxylic acids is 1. The predicted molar refractivity (Wildman–Crippen MR) is 83.3 cm³/mol. The highest BCUT2D eigenvalue weighted by molar-refractivity contribution is 6.01. The van der Waals surface area contributed by atoms with Gasteiger partial charge in [0.05, 0.1) is 5.92 Å². The van der Waals surface area contributed by atoms with E-state index in [4.69, 9.17) is 4.74 Å². The minimum Gasteiger partial charge on any atom is -0.407 e. The quantitative estimate of drug-likeness (QED) is 0.472. The van der Waals surface area contributed by atoms with Crippen LogP contribution in [0.25, 0.3) is 0 Å². The van der Waals surface area contributed by atoms with E-state index < -0.39 is 0 Å². The van der Waals surface area contributed by atoms with Gasteiger partial charge in [0.25, 0.3) is 0 Å². The van der Waals surface area contributed by atoms with Crippen LogP contribution >= 0.6 is 0 Å². The van der Waals surface area contributed by atoms with Crippen molar-refractivity contribution in [2.45, 2.75) is 47.0 Å². The number of hydrogen-bond acceptors (Lipinski definition) is 3. The second-order valence-electron chi connectivity index (χ2n) is 5.49. The van der Waals surface area contributed by atoms with Gasteiger partial charge in [0.1, 0.15) is 0 Å². The summed E-state index contributed by atoms with van der Waals surface area (Å²) in [7, 11) is 1.64. The third kappa shape index (κ3) is 3.92. The number of hydrogen-bond donors (Lipinski definition) is 0. The van der Waals surface area contributed by atoms with Gasteiger partial charge in [-0.15, -0.1) is 0 Å². The summed E-state index contributed by atoms with van der Waals surface area (Å²) in [4.78, 5) is 16.0. The number of aryl methyl sites for hydroxylation is 1. The lowest BCUT2D eigenvalue weighted by Gasteiger charge is -2.14. The van der Waals surface area contributed by atoms with Crippen molar-refractivity contribution in [2.75, 3.05) is 7.05 Å². The van der Waals surface area contributed by atoms with Gasteiger partial charge >= 0.3 is 5.97 Å². The first kappa shape index (κ1) is 16.4. The number of nitrogens with zero attached hydrogens (tertiary/aromatic N) is 1. The second kappa shape index (κ2) is 7.22. The predicted octanol–water partition coefficient (Wildman–Crippen LogP) is 4.08. The minimum atomic E-state index is -0.223. The smallest absolute Gasteiger partial charge is 0.315 e. The molecule has 0 heterocycles. The summed E-state index contributed by atoms with van der Waals surface area (Å²) in [6.07, 6.45) is 0.765. The van der Waals surface area contributed by atoms with E-state index in [-0.39, 0.29) is 11.9 Å². The lowest BCUT2D eigenvalue weighted by Crippen LogP contribution is -2.19. The SMILES string of the molecule is CCC(C)C(=O)OC(=NC)c1ccc(C(C)C)c(C)c1. The van der Waals surface area contributed by atoms with E-state index in [1.165, 1.54) is 11.1 Å². The zero-order valence-electron chi connectivity index (χ0n) is 13.4. The van der Waals surface area contributed by atoms with Crippen LogP contribution in [0.5, 0.6) is 0 Å². The molecule has 0 radical (unpaired) electrons.